The quantitative estimate of drug-likeness (QED) is 0.169. The third kappa shape index (κ3) is 4.45. The second kappa shape index (κ2) is 11.8. The molecule has 0 amide bonds. The highest BCUT2D eigenvalue weighted by Crippen LogP contribution is 2.42. The molecule has 0 spiro atoms. The summed E-state index contributed by atoms with van der Waals surface area (Å²) in [6, 6.07) is 63.8. The first kappa shape index (κ1) is 30.7. The minimum atomic E-state index is 0.595. The second-order valence-electron chi connectivity index (χ2n) is 14.0. The molecule has 5 nitrogen and oxygen atoms in total. The number of nitriles is 1. The molecule has 5 heteroatoms. The average Bonchev–Trinajstić information content (AvgIpc) is 3.89. The standard InChI is InChI=1S/C50H29N5/c1-52-34-25-27-46-41(30-34)39-16-4-6-18-42(39)53(46)35-13-10-12-33(29-35)36-26-24-32(31-51)28-49(36)55-45-21-9-5-17-40(45)50-47(22-11-23-48(50)55)54-43-19-7-2-14-37(43)38-15-3-8-20-44(38)54/h2-30H. The fraction of sp³-hybridized carbons (Fsp3) is 0. The molecule has 0 saturated heterocycles. The van der Waals surface area contributed by atoms with Crippen molar-refractivity contribution >= 4 is 71.1 Å². The minimum Gasteiger partial charge on any atom is -0.309 e. The van der Waals surface area contributed by atoms with E-state index in [1.54, 1.807) is 0 Å². The lowest BCUT2D eigenvalue weighted by molar-refractivity contribution is 1.16. The molecule has 0 aliphatic rings. The van der Waals surface area contributed by atoms with Gasteiger partial charge < -0.3 is 13.7 Å². The van der Waals surface area contributed by atoms with Gasteiger partial charge in [0.05, 0.1) is 62.7 Å². The molecule has 0 aliphatic heterocycles. The first-order valence-electron chi connectivity index (χ1n) is 18.3. The molecule has 0 N–H and O–H groups in total. The van der Waals surface area contributed by atoms with Crippen LogP contribution in [0.4, 0.5) is 5.69 Å². The van der Waals surface area contributed by atoms with Crippen LogP contribution >= 0.6 is 0 Å². The van der Waals surface area contributed by atoms with E-state index in [-0.39, 0.29) is 0 Å². The second-order valence-corrected chi connectivity index (χ2v) is 14.0. The average molecular weight is 700 g/mol. The summed E-state index contributed by atoms with van der Waals surface area (Å²) in [6.45, 7) is 7.64. The van der Waals surface area contributed by atoms with E-state index in [1.165, 1.54) is 10.8 Å². The van der Waals surface area contributed by atoms with Crippen LogP contribution in [0.25, 0.3) is 98.5 Å². The van der Waals surface area contributed by atoms with Crippen LogP contribution in [0.5, 0.6) is 0 Å². The highest BCUT2D eigenvalue weighted by molar-refractivity contribution is 6.17. The maximum atomic E-state index is 10.2. The Balaban J connectivity index is 1.18. The highest BCUT2D eigenvalue weighted by atomic mass is 15.0. The molecule has 254 valence electrons. The lowest BCUT2D eigenvalue weighted by Gasteiger charge is -2.16. The van der Waals surface area contributed by atoms with Crippen LogP contribution in [-0.2, 0) is 0 Å². The van der Waals surface area contributed by atoms with Crippen LogP contribution in [0.2, 0.25) is 0 Å². The third-order valence-electron chi connectivity index (χ3n) is 11.1. The van der Waals surface area contributed by atoms with E-state index in [1.807, 2.05) is 24.3 Å². The fourth-order valence-electron chi connectivity index (χ4n) is 8.78. The molecule has 11 rings (SSSR count). The summed E-state index contributed by atoms with van der Waals surface area (Å²) in [5.41, 5.74) is 12.9. The monoisotopic (exact) mass is 699 g/mol. The molecule has 0 saturated carbocycles. The SMILES string of the molecule is [C-]#[N+]c1ccc2c(c1)c1ccccc1n2-c1cccc(-c2ccc(C#N)cc2-n2c3ccccc3c3c(-n4c5ccccc5c5ccccc54)cccc32)c1. The van der Waals surface area contributed by atoms with Crippen molar-refractivity contribution in [3.8, 4) is 34.3 Å². The highest BCUT2D eigenvalue weighted by Gasteiger charge is 2.22. The fourth-order valence-corrected chi connectivity index (χ4v) is 8.78. The first-order valence-corrected chi connectivity index (χ1v) is 18.3. The van der Waals surface area contributed by atoms with Crippen LogP contribution in [-0.4, -0.2) is 13.7 Å². The molecule has 55 heavy (non-hydrogen) atoms. The number of hydrogen-bond donors (Lipinski definition) is 0. The van der Waals surface area contributed by atoms with Gasteiger partial charge in [0.25, 0.3) is 0 Å². The number of benzene rings is 8. The zero-order valence-corrected chi connectivity index (χ0v) is 29.5. The summed E-state index contributed by atoms with van der Waals surface area (Å²) < 4.78 is 7.01. The molecule has 0 aliphatic carbocycles. The normalized spacial score (nSPS) is 11.6. The molecule has 0 bridgehead atoms. The number of fused-ring (bicyclic) bond motifs is 9. The number of aromatic nitrogens is 3. The predicted octanol–water partition coefficient (Wildman–Crippen LogP) is 13.1. The van der Waals surface area contributed by atoms with Crippen molar-refractivity contribution in [1.29, 1.82) is 5.26 Å². The number of hydrogen-bond acceptors (Lipinski definition) is 1. The maximum Gasteiger partial charge on any atom is 0.188 e. The van der Waals surface area contributed by atoms with Gasteiger partial charge in [-0.1, -0.05) is 103 Å². The van der Waals surface area contributed by atoms with Gasteiger partial charge in [-0.2, -0.15) is 5.26 Å². The Morgan fingerprint density at radius 2 is 1.00 bits per heavy atom. The van der Waals surface area contributed by atoms with Gasteiger partial charge in [0, 0.05) is 38.2 Å². The van der Waals surface area contributed by atoms with E-state index >= 15 is 0 Å². The molecular weight excluding hydrogens is 671 g/mol. The van der Waals surface area contributed by atoms with Crippen molar-refractivity contribution in [2.45, 2.75) is 0 Å². The van der Waals surface area contributed by atoms with E-state index in [4.69, 9.17) is 6.57 Å². The summed E-state index contributed by atoms with van der Waals surface area (Å²) in [5.74, 6) is 0. The summed E-state index contributed by atoms with van der Waals surface area (Å²) in [6.07, 6.45) is 0. The van der Waals surface area contributed by atoms with Crippen molar-refractivity contribution in [2.24, 2.45) is 0 Å². The third-order valence-corrected chi connectivity index (χ3v) is 11.1. The van der Waals surface area contributed by atoms with Gasteiger partial charge in [-0.25, -0.2) is 4.85 Å². The van der Waals surface area contributed by atoms with E-state index in [9.17, 15) is 5.26 Å². The van der Waals surface area contributed by atoms with Crippen LogP contribution in [0.15, 0.2) is 176 Å². The van der Waals surface area contributed by atoms with E-state index in [0.717, 1.165) is 82.8 Å². The van der Waals surface area contributed by atoms with Crippen molar-refractivity contribution in [1.82, 2.24) is 13.7 Å². The van der Waals surface area contributed by atoms with E-state index < -0.39 is 0 Å². The van der Waals surface area contributed by atoms with Gasteiger partial charge in [0.2, 0.25) is 0 Å². The molecule has 3 heterocycles. The Morgan fingerprint density at radius 1 is 0.436 bits per heavy atom. The lowest BCUT2D eigenvalue weighted by Crippen LogP contribution is -2.00. The Hall–Kier alpha value is -7.86. The molecule has 3 aromatic heterocycles. The summed E-state index contributed by atoms with van der Waals surface area (Å²) in [4.78, 5) is 3.72. The van der Waals surface area contributed by atoms with Crippen molar-refractivity contribution < 1.29 is 0 Å². The van der Waals surface area contributed by atoms with Gasteiger partial charge in [-0.15, -0.1) is 0 Å². The zero-order valence-electron chi connectivity index (χ0n) is 29.5. The maximum absolute atomic E-state index is 10.2. The van der Waals surface area contributed by atoms with Crippen LogP contribution in [0, 0.1) is 17.9 Å². The van der Waals surface area contributed by atoms with E-state index in [2.05, 4.69) is 176 Å². The number of para-hydroxylation sites is 4. The van der Waals surface area contributed by atoms with Gasteiger partial charge in [-0.3, -0.25) is 0 Å². The first-order chi connectivity index (χ1) is 27.2. The van der Waals surface area contributed by atoms with Crippen molar-refractivity contribution in [2.75, 3.05) is 0 Å². The van der Waals surface area contributed by atoms with Gasteiger partial charge in [0.15, 0.2) is 5.69 Å². The van der Waals surface area contributed by atoms with Gasteiger partial charge in [0.1, 0.15) is 0 Å². The summed E-state index contributed by atoms with van der Waals surface area (Å²) in [5, 5.41) is 17.1. The van der Waals surface area contributed by atoms with E-state index in [0.29, 0.717) is 11.3 Å². The largest absolute Gasteiger partial charge is 0.309 e. The zero-order chi connectivity index (χ0) is 36.6. The van der Waals surface area contributed by atoms with Crippen LogP contribution in [0.3, 0.4) is 0 Å². The molecule has 11 aromatic rings. The molecule has 8 aromatic carbocycles. The molecule has 0 fully saturated rings. The Morgan fingerprint density at radius 3 is 1.69 bits per heavy atom. The van der Waals surface area contributed by atoms with Gasteiger partial charge in [-0.05, 0) is 83.7 Å². The lowest BCUT2D eigenvalue weighted by atomic mass is 10.0. The van der Waals surface area contributed by atoms with Crippen molar-refractivity contribution in [3.05, 3.63) is 193 Å². The van der Waals surface area contributed by atoms with Crippen LogP contribution in [0.1, 0.15) is 5.56 Å². The summed E-state index contributed by atoms with van der Waals surface area (Å²) >= 11 is 0. The predicted molar refractivity (Wildman–Crippen MR) is 226 cm³/mol. The van der Waals surface area contributed by atoms with Gasteiger partial charge >= 0.3 is 0 Å². The Kier molecular flexibility index (Phi) is 6.61. The topological polar surface area (TPSA) is 42.9 Å². The van der Waals surface area contributed by atoms with Crippen LogP contribution < -0.4 is 0 Å². The number of rotatable bonds is 4. The summed E-state index contributed by atoms with van der Waals surface area (Å²) in [7, 11) is 0. The molecule has 0 unspecified atom stereocenters. The smallest absolute Gasteiger partial charge is 0.188 e. The number of nitrogens with zero attached hydrogens (tertiary/aromatic N) is 5. The Bertz CT molecular complexity index is 3420. The molecule has 0 atom stereocenters. The molecular formula is C50H29N5. The molecule has 0 radical (unpaired) electrons. The minimum absolute atomic E-state index is 0.595. The van der Waals surface area contributed by atoms with Crippen molar-refractivity contribution in [3.63, 3.8) is 0 Å². The Labute approximate surface area is 316 Å².